The maximum atomic E-state index is 11.6. The summed E-state index contributed by atoms with van der Waals surface area (Å²) in [6.45, 7) is 5.39. The molecular formula is C25H30ClN3OS. The van der Waals surface area contributed by atoms with E-state index in [0.29, 0.717) is 6.42 Å². The molecule has 4 nitrogen and oxygen atoms in total. The molecule has 2 N–H and O–H groups in total. The van der Waals surface area contributed by atoms with E-state index in [1.54, 1.807) is 11.3 Å². The summed E-state index contributed by atoms with van der Waals surface area (Å²) in [5.74, 6) is -0.213. The SMILES string of the molecule is Cl.NC(=O)CC(c1ccc(N2CCN(CCc3ccccc3)CC2)cc1)c1cccs1. The molecule has 0 saturated carbocycles. The minimum atomic E-state index is -0.260. The topological polar surface area (TPSA) is 49.6 Å². The van der Waals surface area contributed by atoms with Gasteiger partial charge >= 0.3 is 0 Å². The number of rotatable bonds is 8. The molecule has 31 heavy (non-hydrogen) atoms. The van der Waals surface area contributed by atoms with Gasteiger partial charge in [0.05, 0.1) is 0 Å². The van der Waals surface area contributed by atoms with Crippen LogP contribution < -0.4 is 10.6 Å². The lowest BCUT2D eigenvalue weighted by Crippen LogP contribution is -2.47. The van der Waals surface area contributed by atoms with Crippen LogP contribution in [-0.4, -0.2) is 43.5 Å². The van der Waals surface area contributed by atoms with Crippen molar-refractivity contribution in [3.8, 4) is 0 Å². The van der Waals surface area contributed by atoms with E-state index in [1.807, 2.05) is 6.07 Å². The smallest absolute Gasteiger partial charge is 0.218 e. The van der Waals surface area contributed by atoms with Crippen LogP contribution in [0.5, 0.6) is 0 Å². The predicted octanol–water partition coefficient (Wildman–Crippen LogP) is 4.54. The van der Waals surface area contributed by atoms with Crippen molar-refractivity contribution in [1.82, 2.24) is 4.90 Å². The van der Waals surface area contributed by atoms with E-state index in [-0.39, 0.29) is 24.2 Å². The molecule has 2 heterocycles. The number of hydrogen-bond acceptors (Lipinski definition) is 4. The maximum Gasteiger partial charge on any atom is 0.218 e. The first-order chi connectivity index (χ1) is 14.7. The summed E-state index contributed by atoms with van der Waals surface area (Å²) in [5.41, 5.74) is 9.33. The lowest BCUT2D eigenvalue weighted by Gasteiger charge is -2.36. The highest BCUT2D eigenvalue weighted by molar-refractivity contribution is 7.10. The molecule has 3 aromatic rings. The molecule has 0 aliphatic carbocycles. The lowest BCUT2D eigenvalue weighted by molar-refractivity contribution is -0.118. The molecule has 1 aliphatic rings. The van der Waals surface area contributed by atoms with Crippen molar-refractivity contribution in [2.75, 3.05) is 37.6 Å². The summed E-state index contributed by atoms with van der Waals surface area (Å²) < 4.78 is 0. The number of primary amides is 1. The van der Waals surface area contributed by atoms with Gasteiger partial charge in [0.25, 0.3) is 0 Å². The zero-order chi connectivity index (χ0) is 20.8. The van der Waals surface area contributed by atoms with E-state index in [9.17, 15) is 4.79 Å². The van der Waals surface area contributed by atoms with Gasteiger partial charge in [-0.15, -0.1) is 23.7 Å². The Morgan fingerprint density at radius 2 is 1.65 bits per heavy atom. The van der Waals surface area contributed by atoms with Gasteiger partial charge in [-0.05, 0) is 41.1 Å². The fraction of sp³-hybridized carbons (Fsp3) is 0.320. The Kier molecular flexibility index (Phi) is 8.52. The van der Waals surface area contributed by atoms with Gasteiger partial charge in [0.1, 0.15) is 0 Å². The average Bonchev–Trinajstić information content (AvgIpc) is 3.32. The minimum Gasteiger partial charge on any atom is -0.370 e. The normalized spacial score (nSPS) is 15.3. The van der Waals surface area contributed by atoms with Gasteiger partial charge in [-0.25, -0.2) is 0 Å². The minimum absolute atomic E-state index is 0. The second-order valence-corrected chi connectivity index (χ2v) is 8.87. The highest BCUT2D eigenvalue weighted by Crippen LogP contribution is 2.32. The van der Waals surface area contributed by atoms with Gasteiger partial charge in [0.2, 0.25) is 5.91 Å². The molecule has 1 amide bonds. The standard InChI is InChI=1S/C25H29N3OS.ClH/c26-25(29)19-23(24-7-4-18-30-24)21-8-10-22(11-9-21)28-16-14-27(15-17-28)13-12-20-5-2-1-3-6-20;/h1-11,18,23H,12-17,19H2,(H2,26,29);1H. The molecule has 0 spiro atoms. The average molecular weight is 456 g/mol. The van der Waals surface area contributed by atoms with Crippen molar-refractivity contribution < 1.29 is 4.79 Å². The first-order valence-electron chi connectivity index (χ1n) is 10.6. The Bertz CT molecular complexity index is 923. The van der Waals surface area contributed by atoms with E-state index >= 15 is 0 Å². The summed E-state index contributed by atoms with van der Waals surface area (Å²) in [6.07, 6.45) is 1.46. The number of nitrogens with two attached hydrogens (primary N) is 1. The number of benzene rings is 2. The van der Waals surface area contributed by atoms with Crippen LogP contribution in [0.1, 0.15) is 28.3 Å². The Morgan fingerprint density at radius 1 is 0.935 bits per heavy atom. The number of carbonyl (C=O) groups is 1. The Labute approximate surface area is 195 Å². The third kappa shape index (κ3) is 6.33. The van der Waals surface area contributed by atoms with Gasteiger partial charge in [-0.1, -0.05) is 48.5 Å². The Hall–Kier alpha value is -2.34. The highest BCUT2D eigenvalue weighted by Gasteiger charge is 2.20. The van der Waals surface area contributed by atoms with Crippen LogP contribution in [0.3, 0.4) is 0 Å². The largest absolute Gasteiger partial charge is 0.370 e. The third-order valence-electron chi connectivity index (χ3n) is 5.88. The van der Waals surface area contributed by atoms with Gasteiger partial charge in [-0.3, -0.25) is 9.69 Å². The van der Waals surface area contributed by atoms with Crippen LogP contribution in [0.25, 0.3) is 0 Å². The van der Waals surface area contributed by atoms with Crippen molar-refractivity contribution >= 4 is 35.3 Å². The molecule has 1 aromatic heterocycles. The second kappa shape index (κ2) is 11.3. The fourth-order valence-corrected chi connectivity index (χ4v) is 5.01. The number of anilines is 1. The summed E-state index contributed by atoms with van der Waals surface area (Å²) in [5, 5.41) is 2.05. The number of carbonyl (C=O) groups excluding carboxylic acids is 1. The van der Waals surface area contributed by atoms with Gasteiger partial charge in [0, 0.05) is 55.6 Å². The van der Waals surface area contributed by atoms with Crippen molar-refractivity contribution in [3.05, 3.63) is 88.1 Å². The zero-order valence-electron chi connectivity index (χ0n) is 17.7. The maximum absolute atomic E-state index is 11.6. The molecule has 1 aliphatic heterocycles. The highest BCUT2D eigenvalue weighted by atomic mass is 35.5. The summed E-state index contributed by atoms with van der Waals surface area (Å²) in [7, 11) is 0. The molecule has 0 radical (unpaired) electrons. The predicted molar refractivity (Wildman–Crippen MR) is 132 cm³/mol. The van der Waals surface area contributed by atoms with E-state index < -0.39 is 0 Å². The van der Waals surface area contributed by atoms with E-state index in [0.717, 1.165) is 44.7 Å². The zero-order valence-corrected chi connectivity index (χ0v) is 19.3. The molecule has 1 saturated heterocycles. The van der Waals surface area contributed by atoms with Crippen LogP contribution in [0.15, 0.2) is 72.1 Å². The van der Waals surface area contributed by atoms with Gasteiger partial charge < -0.3 is 10.6 Å². The van der Waals surface area contributed by atoms with Crippen molar-refractivity contribution in [3.63, 3.8) is 0 Å². The summed E-state index contributed by atoms with van der Waals surface area (Å²) in [4.78, 5) is 17.8. The Balaban J connectivity index is 0.00000272. The van der Waals surface area contributed by atoms with E-state index in [2.05, 4.69) is 75.8 Å². The van der Waals surface area contributed by atoms with E-state index in [1.165, 1.54) is 16.1 Å². The van der Waals surface area contributed by atoms with Crippen LogP contribution in [-0.2, 0) is 11.2 Å². The lowest BCUT2D eigenvalue weighted by atomic mass is 9.93. The number of thiophene rings is 1. The summed E-state index contributed by atoms with van der Waals surface area (Å²) in [6, 6.07) is 23.5. The third-order valence-corrected chi connectivity index (χ3v) is 6.87. The molecule has 164 valence electrons. The van der Waals surface area contributed by atoms with Crippen LogP contribution in [0.2, 0.25) is 0 Å². The number of hydrogen-bond donors (Lipinski definition) is 1. The number of amides is 1. The fourth-order valence-electron chi connectivity index (χ4n) is 4.15. The van der Waals surface area contributed by atoms with E-state index in [4.69, 9.17) is 5.73 Å². The first kappa shape index (κ1) is 23.3. The molecule has 6 heteroatoms. The molecule has 4 rings (SSSR count). The van der Waals surface area contributed by atoms with Gasteiger partial charge in [0.15, 0.2) is 0 Å². The number of piperazine rings is 1. The van der Waals surface area contributed by atoms with Crippen molar-refractivity contribution in [2.24, 2.45) is 5.73 Å². The van der Waals surface area contributed by atoms with Crippen LogP contribution >= 0.6 is 23.7 Å². The molecule has 1 atom stereocenters. The quantitative estimate of drug-likeness (QED) is 0.542. The molecular weight excluding hydrogens is 426 g/mol. The molecule has 1 fully saturated rings. The Morgan fingerprint density at radius 3 is 2.26 bits per heavy atom. The summed E-state index contributed by atoms with van der Waals surface area (Å²) >= 11 is 1.68. The van der Waals surface area contributed by atoms with Crippen LogP contribution in [0, 0.1) is 0 Å². The number of nitrogens with zero attached hydrogens (tertiary/aromatic N) is 2. The molecule has 1 unspecified atom stereocenters. The monoisotopic (exact) mass is 455 g/mol. The first-order valence-corrected chi connectivity index (χ1v) is 11.5. The number of halogens is 1. The van der Waals surface area contributed by atoms with Crippen molar-refractivity contribution in [2.45, 2.75) is 18.8 Å². The van der Waals surface area contributed by atoms with Crippen molar-refractivity contribution in [1.29, 1.82) is 0 Å². The molecule has 0 bridgehead atoms. The van der Waals surface area contributed by atoms with Crippen LogP contribution in [0.4, 0.5) is 5.69 Å². The van der Waals surface area contributed by atoms with Gasteiger partial charge in [-0.2, -0.15) is 0 Å². The second-order valence-electron chi connectivity index (χ2n) is 7.89. The molecule has 2 aromatic carbocycles.